The van der Waals surface area contributed by atoms with E-state index in [0.717, 1.165) is 42.1 Å². The Morgan fingerprint density at radius 2 is 2.18 bits per heavy atom. The van der Waals surface area contributed by atoms with Gasteiger partial charge < -0.3 is 19.9 Å². The van der Waals surface area contributed by atoms with Gasteiger partial charge in [-0.05, 0) is 42.7 Å². The molecular formula is C21H25N5O2. The first-order chi connectivity index (χ1) is 13.5. The average Bonchev–Trinajstić information content (AvgIpc) is 3.29. The van der Waals surface area contributed by atoms with Gasteiger partial charge in [-0.3, -0.25) is 9.78 Å². The summed E-state index contributed by atoms with van der Waals surface area (Å²) >= 11 is 0. The molecule has 146 valence electrons. The van der Waals surface area contributed by atoms with Gasteiger partial charge in [-0.25, -0.2) is 4.98 Å². The number of amides is 1. The number of nitrogens with one attached hydrogen (secondary N) is 1. The van der Waals surface area contributed by atoms with E-state index in [4.69, 9.17) is 4.98 Å². The van der Waals surface area contributed by atoms with Gasteiger partial charge in [0, 0.05) is 31.9 Å². The lowest BCUT2D eigenvalue weighted by Crippen LogP contribution is -2.24. The van der Waals surface area contributed by atoms with Crippen LogP contribution >= 0.6 is 0 Å². The molecule has 1 atom stereocenters. The van der Waals surface area contributed by atoms with E-state index in [1.54, 1.807) is 0 Å². The van der Waals surface area contributed by atoms with Crippen molar-refractivity contribution in [1.29, 1.82) is 0 Å². The van der Waals surface area contributed by atoms with Gasteiger partial charge in [-0.1, -0.05) is 13.0 Å². The third-order valence-corrected chi connectivity index (χ3v) is 5.29. The van der Waals surface area contributed by atoms with Crippen LogP contribution in [0.1, 0.15) is 35.0 Å². The smallest absolute Gasteiger partial charge is 0.251 e. The molecule has 28 heavy (non-hydrogen) atoms. The van der Waals surface area contributed by atoms with Crippen molar-refractivity contribution in [3.05, 3.63) is 53.3 Å². The Kier molecular flexibility index (Phi) is 5.00. The SMILES string of the molecule is CCc1ccc(CNC(=O)c2ccc3c(c2)nc(N2CC[C@H](O)C2)n3C)nc1. The Balaban J connectivity index is 1.49. The molecule has 3 aromatic rings. The van der Waals surface area contributed by atoms with Gasteiger partial charge in [0.05, 0.1) is 29.4 Å². The first-order valence-electron chi connectivity index (χ1n) is 9.66. The number of aryl methyl sites for hydroxylation is 2. The highest BCUT2D eigenvalue weighted by atomic mass is 16.3. The van der Waals surface area contributed by atoms with Crippen molar-refractivity contribution in [2.24, 2.45) is 7.05 Å². The van der Waals surface area contributed by atoms with Gasteiger partial charge in [0.2, 0.25) is 5.95 Å². The van der Waals surface area contributed by atoms with Gasteiger partial charge in [-0.2, -0.15) is 0 Å². The maximum atomic E-state index is 12.6. The fourth-order valence-electron chi connectivity index (χ4n) is 3.58. The molecule has 2 aromatic heterocycles. The van der Waals surface area contributed by atoms with Crippen LogP contribution in [0.4, 0.5) is 5.95 Å². The molecule has 1 aliphatic heterocycles. The number of nitrogens with zero attached hydrogens (tertiary/aromatic N) is 4. The van der Waals surface area contributed by atoms with Crippen LogP contribution < -0.4 is 10.2 Å². The van der Waals surface area contributed by atoms with E-state index in [1.807, 2.05) is 48.1 Å². The van der Waals surface area contributed by atoms with Crippen LogP contribution in [0, 0.1) is 0 Å². The molecule has 1 saturated heterocycles. The highest BCUT2D eigenvalue weighted by Gasteiger charge is 2.24. The molecule has 4 rings (SSSR count). The van der Waals surface area contributed by atoms with Crippen molar-refractivity contribution in [3.8, 4) is 0 Å². The number of hydrogen-bond donors (Lipinski definition) is 2. The molecule has 1 amide bonds. The van der Waals surface area contributed by atoms with Crippen molar-refractivity contribution in [1.82, 2.24) is 19.9 Å². The number of imidazole rings is 1. The van der Waals surface area contributed by atoms with E-state index in [9.17, 15) is 9.90 Å². The maximum Gasteiger partial charge on any atom is 0.251 e. The molecule has 0 unspecified atom stereocenters. The molecule has 0 bridgehead atoms. The molecule has 0 saturated carbocycles. The lowest BCUT2D eigenvalue weighted by Gasteiger charge is -2.16. The molecule has 7 heteroatoms. The van der Waals surface area contributed by atoms with Crippen molar-refractivity contribution >= 4 is 22.9 Å². The van der Waals surface area contributed by atoms with Crippen LogP contribution in [-0.2, 0) is 20.0 Å². The van der Waals surface area contributed by atoms with Gasteiger partial charge in [0.15, 0.2) is 0 Å². The fourth-order valence-corrected chi connectivity index (χ4v) is 3.58. The van der Waals surface area contributed by atoms with Crippen molar-refractivity contribution in [2.75, 3.05) is 18.0 Å². The monoisotopic (exact) mass is 379 g/mol. The topological polar surface area (TPSA) is 83.3 Å². The van der Waals surface area contributed by atoms with E-state index in [0.29, 0.717) is 18.7 Å². The first-order valence-corrected chi connectivity index (χ1v) is 9.66. The largest absolute Gasteiger partial charge is 0.391 e. The Hall–Kier alpha value is -2.93. The first kappa shape index (κ1) is 18.4. The fraction of sp³-hybridized carbons (Fsp3) is 0.381. The van der Waals surface area contributed by atoms with Crippen LogP contribution in [-0.4, -0.2) is 44.7 Å². The zero-order valence-corrected chi connectivity index (χ0v) is 16.2. The minimum atomic E-state index is -0.304. The summed E-state index contributed by atoms with van der Waals surface area (Å²) in [7, 11) is 1.96. The number of aliphatic hydroxyl groups is 1. The summed E-state index contributed by atoms with van der Waals surface area (Å²) in [4.78, 5) is 23.7. The molecular weight excluding hydrogens is 354 g/mol. The third kappa shape index (κ3) is 3.57. The van der Waals surface area contributed by atoms with Crippen LogP contribution in [0.25, 0.3) is 11.0 Å². The molecule has 1 aromatic carbocycles. The second-order valence-corrected chi connectivity index (χ2v) is 7.26. The number of β-amino-alcohol motifs (C(OH)–C–C–N with tert-alkyl or cyclic N) is 1. The number of pyridine rings is 1. The van der Waals surface area contributed by atoms with E-state index in [1.165, 1.54) is 5.56 Å². The van der Waals surface area contributed by atoms with Crippen molar-refractivity contribution in [2.45, 2.75) is 32.4 Å². The number of benzene rings is 1. The highest BCUT2D eigenvalue weighted by molar-refractivity contribution is 5.97. The maximum absolute atomic E-state index is 12.6. The predicted octanol–water partition coefficient (Wildman–Crippen LogP) is 2.03. The number of fused-ring (bicyclic) bond motifs is 1. The van der Waals surface area contributed by atoms with E-state index < -0.39 is 0 Å². The minimum absolute atomic E-state index is 0.146. The summed E-state index contributed by atoms with van der Waals surface area (Å²) in [6.45, 7) is 3.85. The van der Waals surface area contributed by atoms with E-state index in [-0.39, 0.29) is 12.0 Å². The molecule has 7 nitrogen and oxygen atoms in total. The summed E-state index contributed by atoms with van der Waals surface area (Å²) in [5, 5.41) is 12.7. The molecule has 0 radical (unpaired) electrons. The average molecular weight is 379 g/mol. The summed E-state index contributed by atoms with van der Waals surface area (Å²) in [6.07, 6.45) is 3.24. The Morgan fingerprint density at radius 1 is 1.32 bits per heavy atom. The van der Waals surface area contributed by atoms with E-state index in [2.05, 4.69) is 22.1 Å². The van der Waals surface area contributed by atoms with Crippen LogP contribution in [0.15, 0.2) is 36.5 Å². The molecule has 1 aliphatic rings. The summed E-state index contributed by atoms with van der Waals surface area (Å²) < 4.78 is 2.01. The third-order valence-electron chi connectivity index (χ3n) is 5.29. The number of hydrogen-bond acceptors (Lipinski definition) is 5. The summed E-state index contributed by atoms with van der Waals surface area (Å²) in [5.74, 6) is 0.677. The number of carbonyl (C=O) groups excluding carboxylic acids is 1. The summed E-state index contributed by atoms with van der Waals surface area (Å²) in [6, 6.07) is 9.52. The van der Waals surface area contributed by atoms with Crippen LogP contribution in [0.5, 0.6) is 0 Å². The number of aromatic nitrogens is 3. The molecule has 3 heterocycles. The quantitative estimate of drug-likeness (QED) is 0.709. The lowest BCUT2D eigenvalue weighted by molar-refractivity contribution is 0.0950. The zero-order valence-electron chi connectivity index (χ0n) is 16.2. The second kappa shape index (κ2) is 7.59. The standard InChI is InChI=1S/C21H25N5O2/c1-3-14-4-6-16(22-11-14)12-23-20(28)15-5-7-19-18(10-15)24-21(25(19)2)26-9-8-17(27)13-26/h4-7,10-11,17,27H,3,8-9,12-13H2,1-2H3,(H,23,28)/t17-/m0/s1. The Labute approximate surface area is 164 Å². The van der Waals surface area contributed by atoms with Crippen LogP contribution in [0.3, 0.4) is 0 Å². The highest BCUT2D eigenvalue weighted by Crippen LogP contribution is 2.25. The normalized spacial score (nSPS) is 16.7. The van der Waals surface area contributed by atoms with Gasteiger partial charge in [-0.15, -0.1) is 0 Å². The van der Waals surface area contributed by atoms with Gasteiger partial charge in [0.25, 0.3) is 5.91 Å². The summed E-state index contributed by atoms with van der Waals surface area (Å²) in [5.41, 5.74) is 4.32. The number of anilines is 1. The predicted molar refractivity (Wildman–Crippen MR) is 108 cm³/mol. The zero-order chi connectivity index (χ0) is 19.7. The van der Waals surface area contributed by atoms with Gasteiger partial charge in [0.1, 0.15) is 0 Å². The second-order valence-electron chi connectivity index (χ2n) is 7.26. The number of carbonyl (C=O) groups is 1. The van der Waals surface area contributed by atoms with Crippen LogP contribution in [0.2, 0.25) is 0 Å². The molecule has 0 aliphatic carbocycles. The van der Waals surface area contributed by atoms with Crippen molar-refractivity contribution < 1.29 is 9.90 Å². The molecule has 2 N–H and O–H groups in total. The Morgan fingerprint density at radius 3 is 2.86 bits per heavy atom. The molecule has 1 fully saturated rings. The molecule has 0 spiro atoms. The minimum Gasteiger partial charge on any atom is -0.391 e. The van der Waals surface area contributed by atoms with Crippen molar-refractivity contribution in [3.63, 3.8) is 0 Å². The number of aliphatic hydroxyl groups excluding tert-OH is 1. The lowest BCUT2D eigenvalue weighted by atomic mass is 10.2. The van der Waals surface area contributed by atoms with Gasteiger partial charge >= 0.3 is 0 Å². The Bertz CT molecular complexity index is 996. The van der Waals surface area contributed by atoms with E-state index >= 15 is 0 Å². The number of rotatable bonds is 5.